The minimum atomic E-state index is -2.08. The number of aromatic hydroxyl groups is 4. The molecule has 1 aromatic heterocycles. The third-order valence-corrected chi connectivity index (χ3v) is 10.9. The molecule has 66 heavy (non-hydrogen) atoms. The van der Waals surface area contributed by atoms with Gasteiger partial charge in [0.05, 0.1) is 26.9 Å². The van der Waals surface area contributed by atoms with Crippen molar-refractivity contribution in [1.29, 1.82) is 0 Å². The fourth-order valence-electron chi connectivity index (χ4n) is 7.30. The standard InChI is InChI=1S/C42H46O24/c1-58-23-8-15(2-5-19(23)46)3-7-27(50)64-38-29(51)22(49)14-59-41(38)66-39-34(56)31(53)26(13-44)63-42(39)65-37-32(54)28-21(48)10-17(60-40-35(57)33(55)30(52)25(12-43)62-40)11-24(28)61-36(37)16-4-6-18(45)20(47)9-16/h2-11,22,25-26,29-31,33-35,38-49,51-53,55-57H,12-14H2,1H3/b7-3+/t22-,25+,26-,29-,30-,31-,33+,34+,35+,38-,39-,40-,41-,42+/m1/s1. The number of benzene rings is 3. The molecular formula is C42H46O24. The first-order valence-corrected chi connectivity index (χ1v) is 20.0. The Kier molecular flexibility index (Phi) is 14.5. The molecule has 0 spiro atoms. The Morgan fingerprint density at radius 3 is 2.08 bits per heavy atom. The third-order valence-electron chi connectivity index (χ3n) is 10.9. The Hall–Kier alpha value is -5.84. The molecule has 0 unspecified atom stereocenters. The molecule has 3 fully saturated rings. The van der Waals surface area contributed by atoms with Crippen LogP contribution in [-0.2, 0) is 28.5 Å². The normalized spacial score (nSPS) is 31.4. The van der Waals surface area contributed by atoms with Gasteiger partial charge in [-0.05, 0) is 42.0 Å². The largest absolute Gasteiger partial charge is 0.507 e. The molecule has 0 saturated carbocycles. The molecule has 4 heterocycles. The molecule has 13 N–H and O–H groups in total. The minimum Gasteiger partial charge on any atom is -0.507 e. The Morgan fingerprint density at radius 2 is 1.39 bits per heavy atom. The quantitative estimate of drug-likeness (QED) is 0.0371. The summed E-state index contributed by atoms with van der Waals surface area (Å²) in [5.74, 6) is -5.11. The van der Waals surface area contributed by atoms with Crippen LogP contribution in [0.15, 0.2) is 63.8 Å². The topological polar surface area (TPSA) is 384 Å². The van der Waals surface area contributed by atoms with E-state index >= 15 is 0 Å². The zero-order chi connectivity index (χ0) is 47.7. The SMILES string of the molecule is COc1cc(/C=C/C(=O)O[C@H]2[C@@H](O[C@H]3[C@H](Oc4c(-c5ccc(O)c(O)c5)oc5cc(O[C@@H]6O[C@@H](CO)[C@@H](O)[C@H](O)[C@@H]6O)cc(O)c5c4=O)O[C@H](CO)[C@@H](O)[C@@H]3O)OC[C@@H](O)[C@H]2O)ccc1O. The van der Waals surface area contributed by atoms with Crippen molar-refractivity contribution in [3.63, 3.8) is 0 Å². The number of hydrogen-bond acceptors (Lipinski definition) is 24. The number of carbonyl (C=O) groups is 1. The molecule has 24 heteroatoms. The van der Waals surface area contributed by atoms with Gasteiger partial charge in [0.2, 0.25) is 23.8 Å². The van der Waals surface area contributed by atoms with Crippen molar-refractivity contribution >= 4 is 23.0 Å². The highest BCUT2D eigenvalue weighted by molar-refractivity contribution is 5.89. The summed E-state index contributed by atoms with van der Waals surface area (Å²) in [5.41, 5.74) is -1.44. The monoisotopic (exact) mass is 934 g/mol. The zero-order valence-electron chi connectivity index (χ0n) is 34.3. The van der Waals surface area contributed by atoms with E-state index in [9.17, 15) is 76.0 Å². The summed E-state index contributed by atoms with van der Waals surface area (Å²) in [6, 6.07) is 9.18. The van der Waals surface area contributed by atoms with Crippen molar-refractivity contribution in [2.45, 2.75) is 86.0 Å². The Balaban J connectivity index is 1.24. The highest BCUT2D eigenvalue weighted by Gasteiger charge is 2.52. The van der Waals surface area contributed by atoms with Crippen LogP contribution in [0.1, 0.15) is 5.56 Å². The number of rotatable bonds is 13. The smallest absolute Gasteiger partial charge is 0.331 e. The molecule has 3 aromatic carbocycles. The summed E-state index contributed by atoms with van der Waals surface area (Å²) in [6.45, 7) is -2.35. The van der Waals surface area contributed by atoms with Crippen LogP contribution < -0.4 is 19.6 Å². The van der Waals surface area contributed by atoms with Crippen LogP contribution in [0.2, 0.25) is 0 Å². The van der Waals surface area contributed by atoms with Crippen LogP contribution in [0.25, 0.3) is 28.4 Å². The highest BCUT2D eigenvalue weighted by atomic mass is 16.8. The van der Waals surface area contributed by atoms with Crippen molar-refractivity contribution in [3.8, 4) is 51.6 Å². The van der Waals surface area contributed by atoms with Crippen molar-refractivity contribution in [3.05, 3.63) is 70.4 Å². The van der Waals surface area contributed by atoms with Gasteiger partial charge in [0.15, 0.2) is 47.3 Å². The van der Waals surface area contributed by atoms with Crippen molar-refractivity contribution in [2.24, 2.45) is 0 Å². The second-order valence-electron chi connectivity index (χ2n) is 15.3. The van der Waals surface area contributed by atoms with Gasteiger partial charge in [-0.2, -0.15) is 0 Å². The van der Waals surface area contributed by atoms with Crippen LogP contribution in [0.5, 0.6) is 40.2 Å². The number of methoxy groups -OCH3 is 1. The van der Waals surface area contributed by atoms with E-state index < -0.39 is 157 Å². The number of phenolic OH excluding ortho intramolecular Hbond substituents is 4. The summed E-state index contributed by atoms with van der Waals surface area (Å²) in [7, 11) is 1.31. The summed E-state index contributed by atoms with van der Waals surface area (Å²) >= 11 is 0. The molecule has 14 atom stereocenters. The lowest BCUT2D eigenvalue weighted by atomic mass is 9.98. The van der Waals surface area contributed by atoms with E-state index in [2.05, 4.69) is 0 Å². The van der Waals surface area contributed by atoms with Crippen LogP contribution in [0.4, 0.5) is 0 Å². The van der Waals surface area contributed by atoms with Crippen molar-refractivity contribution < 1.29 is 113 Å². The first-order valence-electron chi connectivity index (χ1n) is 20.0. The molecule has 3 aliphatic heterocycles. The van der Waals surface area contributed by atoms with E-state index in [1.54, 1.807) is 0 Å². The Labute approximate surface area is 371 Å². The molecule has 3 saturated heterocycles. The summed E-state index contributed by atoms with van der Waals surface area (Å²) in [5, 5.41) is 135. The third kappa shape index (κ3) is 9.67. The van der Waals surface area contributed by atoms with Crippen LogP contribution in [0.3, 0.4) is 0 Å². The lowest BCUT2D eigenvalue weighted by Crippen LogP contribution is -2.64. The average molecular weight is 935 g/mol. The lowest BCUT2D eigenvalue weighted by molar-refractivity contribution is -0.345. The zero-order valence-corrected chi connectivity index (χ0v) is 34.3. The van der Waals surface area contributed by atoms with Crippen LogP contribution >= 0.6 is 0 Å². The van der Waals surface area contributed by atoms with E-state index in [0.717, 1.165) is 30.3 Å². The fourth-order valence-corrected chi connectivity index (χ4v) is 7.30. The molecule has 0 radical (unpaired) electrons. The summed E-state index contributed by atoms with van der Waals surface area (Å²) in [4.78, 5) is 27.5. The van der Waals surface area contributed by atoms with Gasteiger partial charge in [0.1, 0.15) is 77.4 Å². The fraction of sp³-hybridized carbons (Fsp3) is 0.429. The Morgan fingerprint density at radius 1 is 0.712 bits per heavy atom. The van der Waals surface area contributed by atoms with E-state index in [4.69, 9.17) is 42.3 Å². The van der Waals surface area contributed by atoms with E-state index in [-0.39, 0.29) is 22.8 Å². The number of aliphatic hydroxyl groups is 9. The van der Waals surface area contributed by atoms with Crippen LogP contribution in [0, 0.1) is 0 Å². The lowest BCUT2D eigenvalue weighted by Gasteiger charge is -2.45. The molecule has 0 amide bonds. The second-order valence-corrected chi connectivity index (χ2v) is 15.3. The van der Waals surface area contributed by atoms with E-state index in [1.807, 2.05) is 0 Å². The molecule has 4 aromatic rings. The summed E-state index contributed by atoms with van der Waals surface area (Å²) in [6.07, 6.45) is -23.3. The average Bonchev–Trinajstić information content (AvgIpc) is 3.29. The van der Waals surface area contributed by atoms with Gasteiger partial charge < -0.3 is 109 Å². The first-order chi connectivity index (χ1) is 31.4. The molecule has 358 valence electrons. The van der Waals surface area contributed by atoms with Crippen LogP contribution in [-0.4, -0.2) is 185 Å². The number of phenols is 4. The molecule has 0 bridgehead atoms. The van der Waals surface area contributed by atoms with Crippen molar-refractivity contribution in [1.82, 2.24) is 0 Å². The second kappa shape index (κ2) is 19.9. The predicted octanol–water partition coefficient (Wildman–Crippen LogP) is -2.62. The van der Waals surface area contributed by atoms with Gasteiger partial charge in [-0.1, -0.05) is 6.07 Å². The first kappa shape index (κ1) is 48.1. The maximum atomic E-state index is 14.5. The maximum Gasteiger partial charge on any atom is 0.331 e. The molecule has 7 rings (SSSR count). The Bertz CT molecular complexity index is 2460. The van der Waals surface area contributed by atoms with Gasteiger partial charge in [-0.3, -0.25) is 4.79 Å². The number of esters is 1. The van der Waals surface area contributed by atoms with Crippen molar-refractivity contribution in [2.75, 3.05) is 26.9 Å². The van der Waals surface area contributed by atoms with Gasteiger partial charge >= 0.3 is 5.97 Å². The number of fused-ring (bicyclic) bond motifs is 1. The minimum absolute atomic E-state index is 0.0920. The molecule has 24 nitrogen and oxygen atoms in total. The van der Waals surface area contributed by atoms with Gasteiger partial charge in [-0.15, -0.1) is 0 Å². The number of carbonyl (C=O) groups excluding carboxylic acids is 1. The number of hydrogen-bond donors (Lipinski definition) is 13. The maximum absolute atomic E-state index is 14.5. The van der Waals surface area contributed by atoms with Gasteiger partial charge in [-0.25, -0.2) is 4.79 Å². The van der Waals surface area contributed by atoms with Gasteiger partial charge in [0.25, 0.3) is 0 Å². The number of aliphatic hydroxyl groups excluding tert-OH is 9. The highest BCUT2D eigenvalue weighted by Crippen LogP contribution is 2.41. The van der Waals surface area contributed by atoms with Gasteiger partial charge in [0, 0.05) is 23.8 Å². The molecule has 0 aliphatic carbocycles. The van der Waals surface area contributed by atoms with E-state index in [1.165, 1.54) is 37.5 Å². The molecule has 3 aliphatic rings. The number of ether oxygens (including phenoxy) is 8. The molecular weight excluding hydrogens is 888 g/mol. The summed E-state index contributed by atoms with van der Waals surface area (Å²) < 4.78 is 50.8. The predicted molar refractivity (Wildman–Crippen MR) is 216 cm³/mol. The van der Waals surface area contributed by atoms with E-state index in [0.29, 0.717) is 5.56 Å².